The summed E-state index contributed by atoms with van der Waals surface area (Å²) in [6, 6.07) is 1.77. The maximum Gasteiger partial charge on any atom is 0.194 e. The molecule has 0 saturated carbocycles. The lowest BCUT2D eigenvalue weighted by Gasteiger charge is -2.19. The van der Waals surface area contributed by atoms with Gasteiger partial charge in [-0.15, -0.1) is 0 Å². The van der Waals surface area contributed by atoms with Crippen molar-refractivity contribution < 1.29 is 13.2 Å². The number of nitrogens with two attached hydrogens (primary N) is 1. The minimum absolute atomic E-state index is 0.104. The molecule has 100 valence electrons. The zero-order valence-corrected chi connectivity index (χ0v) is 10.0. The van der Waals surface area contributed by atoms with Crippen LogP contribution in [0.1, 0.15) is 30.1 Å². The second-order valence-corrected chi connectivity index (χ2v) is 4.68. The molecule has 6 heteroatoms. The third-order valence-corrected chi connectivity index (χ3v) is 3.44. The summed E-state index contributed by atoms with van der Waals surface area (Å²) in [6.07, 6.45) is 4.11. The maximum absolute atomic E-state index is 13.3. The van der Waals surface area contributed by atoms with E-state index in [0.717, 1.165) is 42.7 Å². The summed E-state index contributed by atoms with van der Waals surface area (Å²) < 4.78 is 40.9. The normalized spacial score (nSPS) is 18.4. The molecule has 1 unspecified atom stereocenters. The Morgan fingerprint density at radius 2 is 1.89 bits per heavy atom. The van der Waals surface area contributed by atoms with Gasteiger partial charge in [0.2, 0.25) is 0 Å². The third kappa shape index (κ3) is 1.92. The van der Waals surface area contributed by atoms with Crippen molar-refractivity contribution in [2.24, 2.45) is 5.73 Å². The van der Waals surface area contributed by atoms with E-state index in [2.05, 4.69) is 5.10 Å². The standard InChI is InChI=1S/C13H12F3N3/c14-9-4-7(5-10(15)13(9)16)19-12-3-1-2-11(17)8(12)6-18-19/h4-6,11H,1-3,17H2. The molecule has 2 aromatic rings. The maximum atomic E-state index is 13.3. The summed E-state index contributed by atoms with van der Waals surface area (Å²) in [5, 5.41) is 4.11. The number of nitrogens with zero attached hydrogens (tertiary/aromatic N) is 2. The lowest BCUT2D eigenvalue weighted by atomic mass is 9.94. The average Bonchev–Trinajstić information content (AvgIpc) is 2.80. The van der Waals surface area contributed by atoms with Gasteiger partial charge in [0.1, 0.15) is 0 Å². The second-order valence-electron chi connectivity index (χ2n) is 4.68. The van der Waals surface area contributed by atoms with E-state index < -0.39 is 17.5 Å². The summed E-state index contributed by atoms with van der Waals surface area (Å²) in [6.45, 7) is 0. The fourth-order valence-corrected chi connectivity index (χ4v) is 2.48. The fourth-order valence-electron chi connectivity index (χ4n) is 2.48. The van der Waals surface area contributed by atoms with Crippen molar-refractivity contribution >= 4 is 0 Å². The van der Waals surface area contributed by atoms with E-state index in [1.165, 1.54) is 4.68 Å². The van der Waals surface area contributed by atoms with Crippen molar-refractivity contribution in [1.29, 1.82) is 0 Å². The van der Waals surface area contributed by atoms with Crippen LogP contribution in [0.4, 0.5) is 13.2 Å². The summed E-state index contributed by atoms with van der Waals surface area (Å²) in [5.41, 5.74) is 7.86. The van der Waals surface area contributed by atoms with E-state index >= 15 is 0 Å². The van der Waals surface area contributed by atoms with Crippen molar-refractivity contribution in [3.8, 4) is 5.69 Å². The molecule has 1 aliphatic rings. The van der Waals surface area contributed by atoms with Gasteiger partial charge in [0.25, 0.3) is 0 Å². The van der Waals surface area contributed by atoms with Crippen LogP contribution in [0.3, 0.4) is 0 Å². The number of benzene rings is 1. The monoisotopic (exact) mass is 267 g/mol. The van der Waals surface area contributed by atoms with Gasteiger partial charge in [-0.05, 0) is 19.3 Å². The topological polar surface area (TPSA) is 43.8 Å². The molecular weight excluding hydrogens is 255 g/mol. The summed E-state index contributed by atoms with van der Waals surface area (Å²) in [5.74, 6) is -3.92. The lowest BCUT2D eigenvalue weighted by molar-refractivity contribution is 0.445. The number of hydrogen-bond acceptors (Lipinski definition) is 2. The summed E-state index contributed by atoms with van der Waals surface area (Å²) >= 11 is 0. The highest BCUT2D eigenvalue weighted by atomic mass is 19.2. The minimum atomic E-state index is -1.47. The molecule has 19 heavy (non-hydrogen) atoms. The van der Waals surface area contributed by atoms with Crippen molar-refractivity contribution in [1.82, 2.24) is 9.78 Å². The highest BCUT2D eigenvalue weighted by Crippen LogP contribution is 2.29. The van der Waals surface area contributed by atoms with Crippen molar-refractivity contribution in [3.63, 3.8) is 0 Å². The first kappa shape index (κ1) is 12.2. The second kappa shape index (κ2) is 4.38. The van der Waals surface area contributed by atoms with Crippen LogP contribution in [-0.2, 0) is 6.42 Å². The first-order valence-corrected chi connectivity index (χ1v) is 6.05. The van der Waals surface area contributed by atoms with E-state index in [4.69, 9.17) is 5.73 Å². The number of hydrogen-bond donors (Lipinski definition) is 1. The van der Waals surface area contributed by atoms with Crippen molar-refractivity contribution in [2.75, 3.05) is 0 Å². The van der Waals surface area contributed by atoms with Crippen LogP contribution in [0.2, 0.25) is 0 Å². The SMILES string of the molecule is NC1CCCc2c1cnn2-c1cc(F)c(F)c(F)c1. The molecule has 0 bridgehead atoms. The molecule has 0 fully saturated rings. The molecular formula is C13H12F3N3. The van der Waals surface area contributed by atoms with E-state index in [-0.39, 0.29) is 11.7 Å². The van der Waals surface area contributed by atoms with Crippen LogP contribution in [0.25, 0.3) is 5.69 Å². The Morgan fingerprint density at radius 1 is 1.21 bits per heavy atom. The molecule has 1 atom stereocenters. The molecule has 0 spiro atoms. The average molecular weight is 267 g/mol. The van der Waals surface area contributed by atoms with Gasteiger partial charge >= 0.3 is 0 Å². The van der Waals surface area contributed by atoms with Gasteiger partial charge in [-0.1, -0.05) is 0 Å². The Hall–Kier alpha value is -1.82. The Bertz CT molecular complexity index is 613. The molecule has 1 aliphatic carbocycles. The van der Waals surface area contributed by atoms with Gasteiger partial charge in [-0.25, -0.2) is 17.9 Å². The first-order chi connectivity index (χ1) is 9.08. The van der Waals surface area contributed by atoms with E-state index in [1.54, 1.807) is 6.20 Å². The Balaban J connectivity index is 2.13. The largest absolute Gasteiger partial charge is 0.324 e. The molecule has 1 aromatic carbocycles. The smallest absolute Gasteiger partial charge is 0.194 e. The number of halogens is 3. The lowest BCUT2D eigenvalue weighted by Crippen LogP contribution is -2.18. The van der Waals surface area contributed by atoms with Gasteiger partial charge in [0, 0.05) is 29.4 Å². The Morgan fingerprint density at radius 3 is 2.58 bits per heavy atom. The summed E-state index contributed by atoms with van der Waals surface area (Å²) in [4.78, 5) is 0. The molecule has 3 rings (SSSR count). The molecule has 1 aromatic heterocycles. The number of aromatic nitrogens is 2. The molecule has 0 amide bonds. The van der Waals surface area contributed by atoms with Crippen LogP contribution < -0.4 is 5.73 Å². The zero-order valence-electron chi connectivity index (χ0n) is 10.0. The highest BCUT2D eigenvalue weighted by Gasteiger charge is 2.23. The van der Waals surface area contributed by atoms with Gasteiger partial charge in [0.15, 0.2) is 17.5 Å². The van der Waals surface area contributed by atoms with Crippen molar-refractivity contribution in [2.45, 2.75) is 25.3 Å². The van der Waals surface area contributed by atoms with Crippen LogP contribution in [0, 0.1) is 17.5 Å². The van der Waals surface area contributed by atoms with Crippen LogP contribution in [-0.4, -0.2) is 9.78 Å². The Kier molecular flexibility index (Phi) is 2.82. The molecule has 0 saturated heterocycles. The fraction of sp³-hybridized carbons (Fsp3) is 0.308. The Labute approximate surface area is 107 Å². The van der Waals surface area contributed by atoms with Crippen LogP contribution in [0.5, 0.6) is 0 Å². The predicted molar refractivity (Wildman–Crippen MR) is 63.3 cm³/mol. The van der Waals surface area contributed by atoms with Gasteiger partial charge in [0.05, 0.1) is 11.9 Å². The van der Waals surface area contributed by atoms with Gasteiger partial charge < -0.3 is 5.73 Å². The predicted octanol–water partition coefficient (Wildman–Crippen LogP) is 2.63. The highest BCUT2D eigenvalue weighted by molar-refractivity contribution is 5.38. The number of fused-ring (bicyclic) bond motifs is 1. The molecule has 1 heterocycles. The molecule has 2 N–H and O–H groups in total. The van der Waals surface area contributed by atoms with E-state index in [1.807, 2.05) is 0 Å². The van der Waals surface area contributed by atoms with E-state index in [0.29, 0.717) is 0 Å². The van der Waals surface area contributed by atoms with Gasteiger partial charge in [-0.3, -0.25) is 0 Å². The minimum Gasteiger partial charge on any atom is -0.324 e. The number of rotatable bonds is 1. The van der Waals surface area contributed by atoms with E-state index in [9.17, 15) is 13.2 Å². The summed E-state index contributed by atoms with van der Waals surface area (Å²) in [7, 11) is 0. The van der Waals surface area contributed by atoms with Crippen molar-refractivity contribution in [3.05, 3.63) is 47.0 Å². The molecule has 3 nitrogen and oxygen atoms in total. The molecule has 0 aliphatic heterocycles. The third-order valence-electron chi connectivity index (χ3n) is 3.44. The first-order valence-electron chi connectivity index (χ1n) is 6.05. The van der Waals surface area contributed by atoms with Crippen LogP contribution >= 0.6 is 0 Å². The molecule has 0 radical (unpaired) electrons. The van der Waals surface area contributed by atoms with Gasteiger partial charge in [-0.2, -0.15) is 5.10 Å². The quantitative estimate of drug-likeness (QED) is 0.807. The van der Waals surface area contributed by atoms with Crippen LogP contribution in [0.15, 0.2) is 18.3 Å². The zero-order chi connectivity index (χ0) is 13.6.